The van der Waals surface area contributed by atoms with Crippen molar-refractivity contribution in [2.75, 3.05) is 13.2 Å². The molecule has 62 heavy (non-hydrogen) atoms. The fourth-order valence-corrected chi connectivity index (χ4v) is 8.49. The number of allylic oxidation sites excluding steroid dienone is 4. The van der Waals surface area contributed by atoms with Crippen molar-refractivity contribution in [3.63, 3.8) is 0 Å². The van der Waals surface area contributed by atoms with E-state index in [0.29, 0.717) is 25.9 Å². The van der Waals surface area contributed by atoms with Gasteiger partial charge in [0.1, 0.15) is 0 Å². The van der Waals surface area contributed by atoms with Gasteiger partial charge in [-0.25, -0.2) is 0 Å². The van der Waals surface area contributed by atoms with Crippen molar-refractivity contribution in [1.82, 2.24) is 5.32 Å². The maximum absolute atomic E-state index is 12.5. The second-order valence-electron chi connectivity index (χ2n) is 18.9. The summed E-state index contributed by atoms with van der Waals surface area (Å²) in [6.45, 7) is 4.90. The van der Waals surface area contributed by atoms with Crippen LogP contribution in [0.3, 0.4) is 0 Å². The molecule has 0 aromatic rings. The maximum Gasteiger partial charge on any atom is 0.305 e. The molecule has 3 N–H and O–H groups in total. The molecule has 0 aliphatic heterocycles. The van der Waals surface area contributed by atoms with Gasteiger partial charge in [0, 0.05) is 12.8 Å². The van der Waals surface area contributed by atoms with Crippen molar-refractivity contribution in [2.45, 2.75) is 309 Å². The van der Waals surface area contributed by atoms with E-state index in [4.69, 9.17) is 4.74 Å². The molecular weight excluding hydrogens is 767 g/mol. The van der Waals surface area contributed by atoms with Crippen LogP contribution in [-0.2, 0) is 14.3 Å². The number of carbonyl (C=O) groups is 2. The number of unbranched alkanes of at least 4 members (excludes halogenated alkanes) is 36. The first-order chi connectivity index (χ1) is 30.5. The van der Waals surface area contributed by atoms with Crippen molar-refractivity contribution in [3.8, 4) is 0 Å². The van der Waals surface area contributed by atoms with E-state index in [2.05, 4.69) is 43.5 Å². The van der Waals surface area contributed by atoms with Gasteiger partial charge >= 0.3 is 5.97 Å². The predicted molar refractivity (Wildman–Crippen MR) is 269 cm³/mol. The molecule has 0 fully saturated rings. The van der Waals surface area contributed by atoms with E-state index in [0.717, 1.165) is 70.6 Å². The molecule has 0 aliphatic rings. The summed E-state index contributed by atoms with van der Waals surface area (Å²) < 4.78 is 5.46. The average molecular weight is 874 g/mol. The van der Waals surface area contributed by atoms with Crippen molar-refractivity contribution >= 4 is 11.9 Å². The number of hydrogen-bond donors (Lipinski definition) is 3. The quantitative estimate of drug-likeness (QED) is 0.0321. The van der Waals surface area contributed by atoms with Crippen molar-refractivity contribution in [3.05, 3.63) is 24.3 Å². The van der Waals surface area contributed by atoms with Crippen LogP contribution in [-0.4, -0.2) is 47.4 Å². The van der Waals surface area contributed by atoms with Crippen LogP contribution in [0.25, 0.3) is 0 Å². The highest BCUT2D eigenvalue weighted by Crippen LogP contribution is 2.17. The van der Waals surface area contributed by atoms with Crippen LogP contribution < -0.4 is 5.32 Å². The standard InChI is InChI=1S/C56H107NO5/c1-3-5-7-9-11-13-15-17-19-20-21-23-24-28-32-36-40-44-48-54(59)53(52-58)57-55(60)49-45-41-37-33-29-26-27-31-35-39-43-47-51-62-56(61)50-46-42-38-34-30-25-22-18-16-14-12-10-8-6-4-2/h12,14,18,22,53-54,58-59H,3-11,13,15-17,19-21,23-52H2,1-2H3,(H,57,60)/b14-12-,22-18-. The minimum atomic E-state index is -0.675. The highest BCUT2D eigenvalue weighted by atomic mass is 16.5. The van der Waals surface area contributed by atoms with Gasteiger partial charge in [0.2, 0.25) is 5.91 Å². The molecule has 0 aromatic heterocycles. The van der Waals surface area contributed by atoms with Crippen molar-refractivity contribution in [2.24, 2.45) is 0 Å². The van der Waals surface area contributed by atoms with Gasteiger partial charge in [0.25, 0.3) is 0 Å². The molecule has 0 heterocycles. The van der Waals surface area contributed by atoms with Gasteiger partial charge in [0.05, 0.1) is 25.4 Å². The van der Waals surface area contributed by atoms with Crippen LogP contribution in [0.4, 0.5) is 0 Å². The van der Waals surface area contributed by atoms with Crippen LogP contribution in [0.2, 0.25) is 0 Å². The first-order valence-corrected chi connectivity index (χ1v) is 27.6. The predicted octanol–water partition coefficient (Wildman–Crippen LogP) is 16.7. The fraction of sp³-hybridized carbons (Fsp3) is 0.893. The minimum absolute atomic E-state index is 0.0228. The highest BCUT2D eigenvalue weighted by molar-refractivity contribution is 5.76. The summed E-state index contributed by atoms with van der Waals surface area (Å²) in [6.07, 6.45) is 61.5. The first-order valence-electron chi connectivity index (χ1n) is 27.6. The maximum atomic E-state index is 12.5. The molecule has 0 saturated carbocycles. The Morgan fingerprint density at radius 3 is 1.26 bits per heavy atom. The number of ether oxygens (including phenoxy) is 1. The summed E-state index contributed by atoms with van der Waals surface area (Å²) in [6, 6.07) is -0.554. The lowest BCUT2D eigenvalue weighted by atomic mass is 10.0. The zero-order chi connectivity index (χ0) is 45.1. The Morgan fingerprint density at radius 2 is 0.806 bits per heavy atom. The molecule has 0 saturated heterocycles. The Morgan fingerprint density at radius 1 is 0.452 bits per heavy atom. The third-order valence-electron chi connectivity index (χ3n) is 12.8. The second-order valence-corrected chi connectivity index (χ2v) is 18.9. The van der Waals surface area contributed by atoms with Crippen LogP contribution in [0.5, 0.6) is 0 Å². The molecule has 6 nitrogen and oxygen atoms in total. The molecular formula is C56H107NO5. The van der Waals surface area contributed by atoms with Crippen LogP contribution in [0.1, 0.15) is 296 Å². The number of hydrogen-bond acceptors (Lipinski definition) is 5. The highest BCUT2D eigenvalue weighted by Gasteiger charge is 2.20. The SMILES string of the molecule is CCCCC/C=C\C/C=C\CCCCCCCC(=O)OCCCCCCCCCCCCCCC(=O)NC(CO)C(O)CCCCCCCCCCCCCCCCCCCC. The molecule has 0 bridgehead atoms. The molecule has 6 heteroatoms. The molecule has 2 unspecified atom stereocenters. The Balaban J connectivity index is 3.47. The number of rotatable bonds is 51. The monoisotopic (exact) mass is 874 g/mol. The Labute approximate surface area is 386 Å². The lowest BCUT2D eigenvalue weighted by Gasteiger charge is -2.22. The van der Waals surface area contributed by atoms with Gasteiger partial charge in [0.15, 0.2) is 0 Å². The molecule has 1 amide bonds. The van der Waals surface area contributed by atoms with E-state index in [1.165, 1.54) is 193 Å². The molecule has 0 rings (SSSR count). The summed E-state index contributed by atoms with van der Waals surface area (Å²) >= 11 is 0. The third-order valence-corrected chi connectivity index (χ3v) is 12.8. The minimum Gasteiger partial charge on any atom is -0.466 e. The number of carbonyl (C=O) groups excluding carboxylic acids is 2. The van der Waals surface area contributed by atoms with Crippen LogP contribution >= 0.6 is 0 Å². The third kappa shape index (κ3) is 47.8. The first kappa shape index (κ1) is 60.3. The molecule has 0 aromatic carbocycles. The molecule has 0 spiro atoms. The van der Waals surface area contributed by atoms with Crippen molar-refractivity contribution < 1.29 is 24.5 Å². The molecule has 2 atom stereocenters. The lowest BCUT2D eigenvalue weighted by molar-refractivity contribution is -0.143. The Hall–Kier alpha value is -1.66. The normalized spacial score (nSPS) is 12.8. The zero-order valence-electron chi connectivity index (χ0n) is 41.6. The van der Waals surface area contributed by atoms with Gasteiger partial charge in [-0.2, -0.15) is 0 Å². The number of aliphatic hydroxyl groups is 2. The number of aliphatic hydroxyl groups excluding tert-OH is 2. The van der Waals surface area contributed by atoms with Crippen LogP contribution in [0.15, 0.2) is 24.3 Å². The summed E-state index contributed by atoms with van der Waals surface area (Å²) in [5.41, 5.74) is 0. The van der Waals surface area contributed by atoms with E-state index >= 15 is 0 Å². The van der Waals surface area contributed by atoms with Gasteiger partial charge in [-0.3, -0.25) is 9.59 Å². The van der Waals surface area contributed by atoms with E-state index in [1.54, 1.807) is 0 Å². The van der Waals surface area contributed by atoms with Gasteiger partial charge in [-0.05, 0) is 57.8 Å². The second kappa shape index (κ2) is 52.0. The van der Waals surface area contributed by atoms with E-state index in [9.17, 15) is 19.8 Å². The zero-order valence-corrected chi connectivity index (χ0v) is 41.6. The van der Waals surface area contributed by atoms with Gasteiger partial charge in [-0.15, -0.1) is 0 Å². The topological polar surface area (TPSA) is 95.9 Å². The molecule has 0 aliphatic carbocycles. The Bertz CT molecular complexity index is 966. The van der Waals surface area contributed by atoms with E-state index in [1.807, 2.05) is 0 Å². The van der Waals surface area contributed by atoms with Crippen molar-refractivity contribution in [1.29, 1.82) is 0 Å². The van der Waals surface area contributed by atoms with E-state index < -0.39 is 12.1 Å². The summed E-state index contributed by atoms with van der Waals surface area (Å²) in [5.74, 6) is -0.0723. The molecule has 366 valence electrons. The van der Waals surface area contributed by atoms with Gasteiger partial charge in [-0.1, -0.05) is 250 Å². The lowest BCUT2D eigenvalue weighted by Crippen LogP contribution is -2.45. The van der Waals surface area contributed by atoms with E-state index in [-0.39, 0.29) is 18.5 Å². The van der Waals surface area contributed by atoms with Crippen LogP contribution in [0, 0.1) is 0 Å². The largest absolute Gasteiger partial charge is 0.466 e. The summed E-state index contributed by atoms with van der Waals surface area (Å²) in [4.78, 5) is 24.5. The molecule has 0 radical (unpaired) electrons. The fourth-order valence-electron chi connectivity index (χ4n) is 8.49. The summed E-state index contributed by atoms with van der Waals surface area (Å²) in [7, 11) is 0. The number of nitrogens with one attached hydrogen (secondary N) is 1. The smallest absolute Gasteiger partial charge is 0.305 e. The summed E-state index contributed by atoms with van der Waals surface area (Å²) in [5, 5.41) is 23.3. The number of esters is 1. The van der Waals surface area contributed by atoms with Gasteiger partial charge < -0.3 is 20.3 Å². The number of amides is 1. The average Bonchev–Trinajstić information content (AvgIpc) is 3.27. The Kier molecular flexibility index (Phi) is 50.6.